The molecular formula is C21H17N9O2S2. The number of rotatable bonds is 7. The van der Waals surface area contributed by atoms with Gasteiger partial charge < -0.3 is 5.73 Å². The summed E-state index contributed by atoms with van der Waals surface area (Å²) >= 11 is 3.00. The lowest BCUT2D eigenvalue weighted by atomic mass is 10.1. The summed E-state index contributed by atoms with van der Waals surface area (Å²) in [6.45, 7) is 1.96. The van der Waals surface area contributed by atoms with E-state index in [0.29, 0.717) is 11.4 Å². The minimum absolute atomic E-state index is 0.0284. The van der Waals surface area contributed by atoms with Gasteiger partial charge in [-0.3, -0.25) is 4.79 Å². The summed E-state index contributed by atoms with van der Waals surface area (Å²) in [5, 5.41) is 19.5. The number of hydrogen-bond donors (Lipinski definition) is 2. The Balaban J connectivity index is 1.41. The predicted octanol–water partition coefficient (Wildman–Crippen LogP) is 3.21. The summed E-state index contributed by atoms with van der Waals surface area (Å²) in [6, 6.07) is 15.6. The lowest BCUT2D eigenvalue weighted by molar-refractivity contribution is 0.0949. The number of fused-ring (bicyclic) bond motifs is 1. The SMILES string of the molecule is Cc1ccccc1/C=N/NC(=O)c1nnn(-c2nonc2N)c1CSc1nc2ccccc2s1. The number of nitrogens with two attached hydrogens (primary N) is 1. The van der Waals surface area contributed by atoms with E-state index in [2.05, 4.69) is 36.1 Å². The molecule has 0 radical (unpaired) electrons. The van der Waals surface area contributed by atoms with Crippen LogP contribution in [0.4, 0.5) is 5.82 Å². The standard InChI is InChI=1S/C21H17N9O2S2/c1-12-6-2-3-7-13(12)10-23-26-20(31)17-15(30(29-25-17)19-18(22)27-32-28-19)11-33-21-24-14-8-4-5-9-16(14)34-21/h2-10H,11H2,1H3,(H2,22,27)(H,26,31)/b23-10+. The molecular weight excluding hydrogens is 474 g/mol. The van der Waals surface area contributed by atoms with Crippen LogP contribution in [0, 0.1) is 6.92 Å². The highest BCUT2D eigenvalue weighted by Crippen LogP contribution is 2.32. The highest BCUT2D eigenvalue weighted by molar-refractivity contribution is 8.00. The van der Waals surface area contributed by atoms with E-state index in [1.807, 2.05) is 55.5 Å². The minimum Gasteiger partial charge on any atom is -0.378 e. The van der Waals surface area contributed by atoms with Gasteiger partial charge >= 0.3 is 0 Å². The number of nitrogens with one attached hydrogen (secondary N) is 1. The Hall–Kier alpha value is -4.10. The Morgan fingerprint density at radius 3 is 2.85 bits per heavy atom. The molecule has 0 saturated carbocycles. The number of thiazole rings is 1. The number of thioether (sulfide) groups is 1. The van der Waals surface area contributed by atoms with Gasteiger partial charge in [0.25, 0.3) is 5.91 Å². The van der Waals surface area contributed by atoms with Gasteiger partial charge in [-0.15, -0.1) is 16.4 Å². The maximum absolute atomic E-state index is 12.9. The fourth-order valence-electron chi connectivity index (χ4n) is 3.10. The van der Waals surface area contributed by atoms with E-state index in [-0.39, 0.29) is 17.3 Å². The van der Waals surface area contributed by atoms with Crippen molar-refractivity contribution in [2.24, 2.45) is 5.10 Å². The van der Waals surface area contributed by atoms with Crippen LogP contribution in [0.15, 0.2) is 62.6 Å². The average Bonchev–Trinajstić information content (AvgIpc) is 3.56. The molecule has 0 bridgehead atoms. The lowest BCUT2D eigenvalue weighted by Crippen LogP contribution is -2.20. The van der Waals surface area contributed by atoms with Crippen LogP contribution in [0.3, 0.4) is 0 Å². The van der Waals surface area contributed by atoms with Crippen molar-refractivity contribution in [3.05, 3.63) is 71.0 Å². The quantitative estimate of drug-likeness (QED) is 0.199. The third kappa shape index (κ3) is 4.38. The highest BCUT2D eigenvalue weighted by Gasteiger charge is 2.24. The Kier molecular flexibility index (Phi) is 6.01. The molecule has 0 fully saturated rings. The van der Waals surface area contributed by atoms with Gasteiger partial charge in [-0.2, -0.15) is 9.78 Å². The van der Waals surface area contributed by atoms with Crippen molar-refractivity contribution in [3.8, 4) is 5.82 Å². The Labute approximate surface area is 201 Å². The number of para-hydroxylation sites is 1. The molecule has 3 heterocycles. The zero-order valence-corrected chi connectivity index (χ0v) is 19.4. The second-order valence-corrected chi connectivity index (χ2v) is 9.31. The first kappa shape index (κ1) is 21.7. The van der Waals surface area contributed by atoms with Crippen LogP contribution in [-0.4, -0.2) is 42.4 Å². The van der Waals surface area contributed by atoms with Crippen LogP contribution < -0.4 is 11.2 Å². The average molecular weight is 492 g/mol. The van der Waals surface area contributed by atoms with E-state index in [4.69, 9.17) is 10.4 Å². The molecule has 2 aromatic carbocycles. The number of aromatic nitrogens is 6. The number of amides is 1. The first-order valence-corrected chi connectivity index (χ1v) is 11.8. The van der Waals surface area contributed by atoms with E-state index < -0.39 is 5.91 Å². The fourth-order valence-corrected chi connectivity index (χ4v) is 5.16. The molecule has 34 heavy (non-hydrogen) atoms. The molecule has 3 N–H and O–H groups in total. The van der Waals surface area contributed by atoms with Gasteiger partial charge in [-0.1, -0.05) is 53.4 Å². The van der Waals surface area contributed by atoms with Crippen LogP contribution in [0.5, 0.6) is 0 Å². The van der Waals surface area contributed by atoms with Gasteiger partial charge in [0.2, 0.25) is 11.6 Å². The van der Waals surface area contributed by atoms with Gasteiger partial charge in [-0.05, 0) is 40.5 Å². The molecule has 1 amide bonds. The van der Waals surface area contributed by atoms with Gasteiger partial charge in [0.15, 0.2) is 10.0 Å². The van der Waals surface area contributed by atoms with Gasteiger partial charge in [0.1, 0.15) is 0 Å². The molecule has 13 heteroatoms. The molecule has 0 aliphatic rings. The number of nitrogen functional groups attached to an aromatic ring is 1. The highest BCUT2D eigenvalue weighted by atomic mass is 32.2. The van der Waals surface area contributed by atoms with Gasteiger partial charge in [0, 0.05) is 5.75 Å². The number of hydrogen-bond acceptors (Lipinski definition) is 11. The third-order valence-corrected chi connectivity index (χ3v) is 7.03. The third-order valence-electron chi connectivity index (χ3n) is 4.84. The lowest BCUT2D eigenvalue weighted by Gasteiger charge is -2.04. The molecule has 5 aromatic rings. The van der Waals surface area contributed by atoms with Crippen molar-refractivity contribution in [2.75, 3.05) is 5.73 Å². The van der Waals surface area contributed by atoms with Crippen LogP contribution >= 0.6 is 23.1 Å². The largest absolute Gasteiger partial charge is 0.378 e. The first-order valence-electron chi connectivity index (χ1n) is 10.0. The number of carbonyl (C=O) groups is 1. The molecule has 0 spiro atoms. The zero-order chi connectivity index (χ0) is 23.5. The molecule has 0 saturated heterocycles. The monoisotopic (exact) mass is 491 g/mol. The molecule has 0 aliphatic heterocycles. The van der Waals surface area contributed by atoms with Crippen molar-refractivity contribution < 1.29 is 9.42 Å². The Morgan fingerprint density at radius 1 is 1.24 bits per heavy atom. The Morgan fingerprint density at radius 2 is 2.06 bits per heavy atom. The van der Waals surface area contributed by atoms with Crippen LogP contribution in [0.2, 0.25) is 0 Å². The van der Waals surface area contributed by atoms with E-state index in [9.17, 15) is 4.79 Å². The molecule has 170 valence electrons. The zero-order valence-electron chi connectivity index (χ0n) is 17.7. The molecule has 0 unspecified atom stereocenters. The number of anilines is 1. The smallest absolute Gasteiger partial charge is 0.293 e. The maximum atomic E-state index is 12.9. The van der Waals surface area contributed by atoms with Crippen LogP contribution in [0.25, 0.3) is 16.0 Å². The summed E-state index contributed by atoms with van der Waals surface area (Å²) in [4.78, 5) is 17.5. The van der Waals surface area contributed by atoms with Crippen molar-refractivity contribution in [3.63, 3.8) is 0 Å². The van der Waals surface area contributed by atoms with E-state index in [1.54, 1.807) is 17.6 Å². The van der Waals surface area contributed by atoms with Crippen molar-refractivity contribution >= 4 is 51.3 Å². The molecule has 5 rings (SSSR count). The predicted molar refractivity (Wildman–Crippen MR) is 129 cm³/mol. The summed E-state index contributed by atoms with van der Waals surface area (Å²) in [5.74, 6) is -0.0230. The van der Waals surface area contributed by atoms with Gasteiger partial charge in [-0.25, -0.2) is 15.0 Å². The summed E-state index contributed by atoms with van der Waals surface area (Å²) < 4.78 is 7.95. The summed E-state index contributed by atoms with van der Waals surface area (Å²) in [5.41, 5.74) is 11.7. The van der Waals surface area contributed by atoms with Crippen molar-refractivity contribution in [2.45, 2.75) is 17.0 Å². The summed E-state index contributed by atoms with van der Waals surface area (Å²) in [6.07, 6.45) is 1.58. The normalized spacial score (nSPS) is 11.4. The minimum atomic E-state index is -0.522. The second kappa shape index (κ2) is 9.41. The van der Waals surface area contributed by atoms with Crippen LogP contribution in [0.1, 0.15) is 27.3 Å². The summed E-state index contributed by atoms with van der Waals surface area (Å²) in [7, 11) is 0. The number of carbonyl (C=O) groups excluding carboxylic acids is 1. The van der Waals surface area contributed by atoms with Crippen LogP contribution in [-0.2, 0) is 5.75 Å². The second-order valence-electron chi connectivity index (χ2n) is 7.06. The van der Waals surface area contributed by atoms with E-state index in [0.717, 1.165) is 25.7 Å². The number of hydrazone groups is 1. The fraction of sp³-hybridized carbons (Fsp3) is 0.0952. The number of nitrogens with zero attached hydrogens (tertiary/aromatic N) is 7. The van der Waals surface area contributed by atoms with Crippen molar-refractivity contribution in [1.29, 1.82) is 0 Å². The number of benzene rings is 2. The Bertz CT molecular complexity index is 1470. The number of aryl methyl sites for hydroxylation is 1. The molecule has 0 aliphatic carbocycles. The first-order chi connectivity index (χ1) is 16.6. The molecule has 0 atom stereocenters. The van der Waals surface area contributed by atoms with Gasteiger partial charge in [0.05, 0.1) is 22.1 Å². The van der Waals surface area contributed by atoms with E-state index in [1.165, 1.54) is 16.4 Å². The topological polar surface area (TPSA) is 150 Å². The van der Waals surface area contributed by atoms with E-state index >= 15 is 0 Å². The molecule has 11 nitrogen and oxygen atoms in total. The van der Waals surface area contributed by atoms with Crippen molar-refractivity contribution in [1.82, 2.24) is 35.7 Å². The molecule has 3 aromatic heterocycles. The maximum Gasteiger partial charge on any atom is 0.293 e.